The van der Waals surface area contributed by atoms with Gasteiger partial charge in [0.25, 0.3) is 0 Å². The van der Waals surface area contributed by atoms with E-state index in [-0.39, 0.29) is 6.42 Å². The Balaban J connectivity index is 2.38. The van der Waals surface area contributed by atoms with Crippen molar-refractivity contribution in [3.8, 4) is 17.2 Å². The van der Waals surface area contributed by atoms with E-state index in [4.69, 9.17) is 19.0 Å². The summed E-state index contributed by atoms with van der Waals surface area (Å²) in [5, 5.41) is 3.94. The van der Waals surface area contributed by atoms with Gasteiger partial charge in [-0.1, -0.05) is 5.16 Å². The van der Waals surface area contributed by atoms with Crippen LogP contribution in [0.5, 0.6) is 17.2 Å². The SMILES string of the molecule is COC(=O)[C@H]1CC(c2c(OC)cc(OC)cc2OC)=NO1. The third kappa shape index (κ3) is 2.86. The van der Waals surface area contributed by atoms with Crippen molar-refractivity contribution in [2.75, 3.05) is 28.4 Å². The predicted octanol–water partition coefficient (Wildman–Crippen LogP) is 1.38. The van der Waals surface area contributed by atoms with Crippen LogP contribution in [0, 0.1) is 0 Å². The van der Waals surface area contributed by atoms with Crippen molar-refractivity contribution in [3.05, 3.63) is 17.7 Å². The molecule has 1 aromatic rings. The maximum absolute atomic E-state index is 11.5. The highest BCUT2D eigenvalue weighted by molar-refractivity contribution is 6.07. The van der Waals surface area contributed by atoms with Gasteiger partial charge in [0.15, 0.2) is 0 Å². The summed E-state index contributed by atoms with van der Waals surface area (Å²) < 4.78 is 20.5. The highest BCUT2D eigenvalue weighted by atomic mass is 16.7. The van der Waals surface area contributed by atoms with Gasteiger partial charge in [0, 0.05) is 18.6 Å². The maximum Gasteiger partial charge on any atom is 0.350 e. The number of methoxy groups -OCH3 is 4. The van der Waals surface area contributed by atoms with Gasteiger partial charge in [0.1, 0.15) is 17.2 Å². The molecule has 1 aliphatic rings. The molecule has 0 spiro atoms. The number of carbonyl (C=O) groups is 1. The summed E-state index contributed by atoms with van der Waals surface area (Å²) in [4.78, 5) is 16.6. The van der Waals surface area contributed by atoms with Crippen LogP contribution in [0.25, 0.3) is 0 Å². The summed E-state index contributed by atoms with van der Waals surface area (Å²) in [5.74, 6) is 1.18. The summed E-state index contributed by atoms with van der Waals surface area (Å²) >= 11 is 0. The van der Waals surface area contributed by atoms with E-state index < -0.39 is 12.1 Å². The molecule has 0 unspecified atom stereocenters. The average molecular weight is 295 g/mol. The van der Waals surface area contributed by atoms with Crippen molar-refractivity contribution in [2.24, 2.45) is 5.16 Å². The Morgan fingerprint density at radius 3 is 2.24 bits per heavy atom. The average Bonchev–Trinajstić information content (AvgIpc) is 3.01. The van der Waals surface area contributed by atoms with Crippen molar-refractivity contribution in [2.45, 2.75) is 12.5 Å². The topological polar surface area (TPSA) is 75.6 Å². The molecule has 1 aliphatic heterocycles. The van der Waals surface area contributed by atoms with Crippen molar-refractivity contribution in [3.63, 3.8) is 0 Å². The molecular weight excluding hydrogens is 278 g/mol. The first-order valence-corrected chi connectivity index (χ1v) is 6.25. The van der Waals surface area contributed by atoms with Crippen LogP contribution in [0.4, 0.5) is 0 Å². The molecule has 0 amide bonds. The number of carbonyl (C=O) groups excluding carboxylic acids is 1. The van der Waals surface area contributed by atoms with Gasteiger partial charge in [0.05, 0.1) is 39.7 Å². The summed E-state index contributed by atoms with van der Waals surface area (Å²) in [7, 11) is 5.92. The number of ether oxygens (including phenoxy) is 4. The van der Waals surface area contributed by atoms with E-state index in [1.165, 1.54) is 21.3 Å². The molecule has 0 saturated heterocycles. The summed E-state index contributed by atoms with van der Waals surface area (Å²) in [6.45, 7) is 0. The number of oxime groups is 1. The first-order chi connectivity index (χ1) is 10.1. The number of esters is 1. The monoisotopic (exact) mass is 295 g/mol. The van der Waals surface area contributed by atoms with Crippen molar-refractivity contribution < 1.29 is 28.6 Å². The van der Waals surface area contributed by atoms with Gasteiger partial charge < -0.3 is 23.8 Å². The molecule has 0 bridgehead atoms. The van der Waals surface area contributed by atoms with E-state index in [9.17, 15) is 4.79 Å². The summed E-state index contributed by atoms with van der Waals surface area (Å²) in [5.41, 5.74) is 1.19. The lowest BCUT2D eigenvalue weighted by Gasteiger charge is -2.14. The molecule has 1 atom stereocenters. The minimum Gasteiger partial charge on any atom is -0.496 e. The lowest BCUT2D eigenvalue weighted by Crippen LogP contribution is -2.22. The molecule has 0 N–H and O–H groups in total. The highest BCUT2D eigenvalue weighted by Gasteiger charge is 2.32. The molecule has 21 heavy (non-hydrogen) atoms. The lowest BCUT2D eigenvalue weighted by molar-refractivity contribution is -0.152. The zero-order chi connectivity index (χ0) is 15.4. The second-order valence-corrected chi connectivity index (χ2v) is 4.27. The molecule has 1 heterocycles. The fraction of sp³-hybridized carbons (Fsp3) is 0.429. The number of hydrogen-bond donors (Lipinski definition) is 0. The zero-order valence-electron chi connectivity index (χ0n) is 12.3. The maximum atomic E-state index is 11.5. The van der Waals surface area contributed by atoms with Gasteiger partial charge in [-0.2, -0.15) is 0 Å². The Kier molecular flexibility index (Phi) is 4.52. The van der Waals surface area contributed by atoms with E-state index in [0.717, 1.165) is 0 Å². The van der Waals surface area contributed by atoms with Crippen LogP contribution >= 0.6 is 0 Å². The minimum absolute atomic E-state index is 0.283. The molecule has 1 aromatic carbocycles. The van der Waals surface area contributed by atoms with Gasteiger partial charge in [-0.3, -0.25) is 0 Å². The fourth-order valence-corrected chi connectivity index (χ4v) is 2.07. The second kappa shape index (κ2) is 6.34. The molecular formula is C14H17NO6. The first-order valence-electron chi connectivity index (χ1n) is 6.25. The third-order valence-corrected chi connectivity index (χ3v) is 3.14. The van der Waals surface area contributed by atoms with E-state index in [0.29, 0.717) is 28.5 Å². The summed E-state index contributed by atoms with van der Waals surface area (Å²) in [6.07, 6.45) is -0.465. The molecule has 0 fully saturated rings. The molecule has 0 aliphatic carbocycles. The predicted molar refractivity (Wildman–Crippen MR) is 74.1 cm³/mol. The molecule has 114 valence electrons. The van der Waals surface area contributed by atoms with E-state index in [1.807, 2.05) is 0 Å². The Bertz CT molecular complexity index is 544. The molecule has 7 nitrogen and oxygen atoms in total. The largest absolute Gasteiger partial charge is 0.496 e. The molecule has 7 heteroatoms. The van der Waals surface area contributed by atoms with Crippen molar-refractivity contribution >= 4 is 11.7 Å². The van der Waals surface area contributed by atoms with Crippen LogP contribution in [-0.4, -0.2) is 46.2 Å². The van der Waals surface area contributed by atoms with Crippen LogP contribution < -0.4 is 14.2 Å². The third-order valence-electron chi connectivity index (χ3n) is 3.14. The molecule has 0 radical (unpaired) electrons. The Morgan fingerprint density at radius 1 is 1.14 bits per heavy atom. The second-order valence-electron chi connectivity index (χ2n) is 4.27. The zero-order valence-corrected chi connectivity index (χ0v) is 12.3. The standard InChI is InChI=1S/C14H17NO6/c1-17-8-5-10(18-2)13(11(6-8)19-3)9-7-12(21-15-9)14(16)20-4/h5-6,12H,7H2,1-4H3/t12-/m1/s1. The smallest absolute Gasteiger partial charge is 0.350 e. The van der Waals surface area contributed by atoms with E-state index >= 15 is 0 Å². The van der Waals surface area contributed by atoms with Crippen molar-refractivity contribution in [1.82, 2.24) is 0 Å². The van der Waals surface area contributed by atoms with Crippen LogP contribution in [0.3, 0.4) is 0 Å². The van der Waals surface area contributed by atoms with E-state index in [1.54, 1.807) is 19.2 Å². The van der Waals surface area contributed by atoms with Crippen LogP contribution in [0.1, 0.15) is 12.0 Å². The molecule has 2 rings (SSSR count). The quantitative estimate of drug-likeness (QED) is 0.764. The van der Waals surface area contributed by atoms with E-state index in [2.05, 4.69) is 9.89 Å². The van der Waals surface area contributed by atoms with Crippen LogP contribution in [0.15, 0.2) is 17.3 Å². The lowest BCUT2D eigenvalue weighted by atomic mass is 10.0. The van der Waals surface area contributed by atoms with Gasteiger partial charge in [0.2, 0.25) is 6.10 Å². The Labute approximate surface area is 122 Å². The fourth-order valence-electron chi connectivity index (χ4n) is 2.07. The van der Waals surface area contributed by atoms with Gasteiger partial charge >= 0.3 is 5.97 Å². The van der Waals surface area contributed by atoms with Crippen LogP contribution in [0.2, 0.25) is 0 Å². The summed E-state index contributed by atoms with van der Waals surface area (Å²) in [6, 6.07) is 3.43. The Morgan fingerprint density at radius 2 is 1.76 bits per heavy atom. The van der Waals surface area contributed by atoms with Gasteiger partial charge in [-0.25, -0.2) is 4.79 Å². The molecule has 0 aromatic heterocycles. The van der Waals surface area contributed by atoms with Gasteiger partial charge in [-0.05, 0) is 0 Å². The number of benzene rings is 1. The number of nitrogens with zero attached hydrogens (tertiary/aromatic N) is 1. The minimum atomic E-state index is -0.749. The highest BCUT2D eigenvalue weighted by Crippen LogP contribution is 2.36. The van der Waals surface area contributed by atoms with Gasteiger partial charge in [-0.15, -0.1) is 0 Å². The van der Waals surface area contributed by atoms with Crippen molar-refractivity contribution in [1.29, 1.82) is 0 Å². The van der Waals surface area contributed by atoms with Crippen LogP contribution in [-0.2, 0) is 14.4 Å². The normalized spacial score (nSPS) is 16.8. The number of hydrogen-bond acceptors (Lipinski definition) is 7. The Hall–Kier alpha value is -2.44. The first kappa shape index (κ1) is 15.0. The molecule has 0 saturated carbocycles. The number of rotatable bonds is 5.